The van der Waals surface area contributed by atoms with Crippen molar-refractivity contribution in [3.63, 3.8) is 0 Å². The molecule has 0 aliphatic rings. The number of benzene rings is 2. The fourth-order valence-corrected chi connectivity index (χ4v) is 6.12. The fraction of sp³-hybridized carbons (Fsp3) is 0.207. The van der Waals surface area contributed by atoms with Crippen molar-refractivity contribution in [2.75, 3.05) is 6.54 Å². The number of aromatic nitrogens is 3. The molecule has 40 heavy (non-hydrogen) atoms. The summed E-state index contributed by atoms with van der Waals surface area (Å²) in [4.78, 5) is 22.0. The monoisotopic (exact) mass is 574 g/mol. The van der Waals surface area contributed by atoms with Crippen LogP contribution in [0.2, 0.25) is 0 Å². The molecule has 5 rings (SSSR count). The third kappa shape index (κ3) is 6.06. The van der Waals surface area contributed by atoms with Gasteiger partial charge in [0.05, 0.1) is 4.90 Å². The molecule has 0 aliphatic heterocycles. The largest absolute Gasteiger partial charge is 0.337 e. The van der Waals surface area contributed by atoms with Crippen molar-refractivity contribution in [2.24, 2.45) is 5.73 Å². The van der Waals surface area contributed by atoms with Gasteiger partial charge in [-0.1, -0.05) is 24.3 Å². The normalized spacial score (nSPS) is 11.6. The van der Waals surface area contributed by atoms with E-state index in [9.17, 15) is 13.2 Å². The van der Waals surface area contributed by atoms with Crippen LogP contribution in [-0.4, -0.2) is 35.5 Å². The molecule has 11 heteroatoms. The number of imidazole rings is 1. The predicted molar refractivity (Wildman–Crippen MR) is 157 cm³/mol. The zero-order valence-corrected chi connectivity index (χ0v) is 23.8. The van der Waals surface area contributed by atoms with Crippen molar-refractivity contribution in [2.45, 2.75) is 38.1 Å². The van der Waals surface area contributed by atoms with Gasteiger partial charge >= 0.3 is 6.03 Å². The molecular weight excluding hydrogens is 544 g/mol. The molecule has 0 atom stereocenters. The Labute approximate surface area is 237 Å². The van der Waals surface area contributed by atoms with Gasteiger partial charge in [-0.05, 0) is 89.7 Å². The molecule has 3 aromatic heterocycles. The number of nitrogens with zero attached hydrogens (tertiary/aromatic N) is 3. The molecule has 9 nitrogen and oxygen atoms in total. The lowest BCUT2D eigenvalue weighted by molar-refractivity contribution is 0.246. The average Bonchev–Trinajstić information content (AvgIpc) is 3.57. The first-order chi connectivity index (χ1) is 19.2. The number of fused-ring (bicyclic) bond motifs is 1. The third-order valence-corrected chi connectivity index (χ3v) is 8.62. The quantitative estimate of drug-likeness (QED) is 0.239. The Kier molecular flexibility index (Phi) is 7.97. The number of hydrogen-bond donors (Lipinski definition) is 3. The SMILES string of the molecule is Cc1cc(C)c2nc(Cc3ccsc3)n(-c3ccc(CCNC(=O)NS(=O)(=O)c4ccc(CN)cc4)cc3)c2n1. The molecule has 0 bridgehead atoms. The molecule has 0 radical (unpaired) electrons. The number of sulfonamides is 1. The first-order valence-corrected chi connectivity index (χ1v) is 15.2. The van der Waals surface area contributed by atoms with E-state index in [0.717, 1.165) is 45.1 Å². The van der Waals surface area contributed by atoms with Gasteiger partial charge in [0.1, 0.15) is 11.3 Å². The maximum Gasteiger partial charge on any atom is 0.328 e. The molecule has 4 N–H and O–H groups in total. The molecule has 0 fully saturated rings. The number of urea groups is 1. The number of carbonyl (C=O) groups excluding carboxylic acids is 1. The Morgan fingerprint density at radius 2 is 1.70 bits per heavy atom. The van der Waals surface area contributed by atoms with Crippen LogP contribution in [0, 0.1) is 13.8 Å². The summed E-state index contributed by atoms with van der Waals surface area (Å²) >= 11 is 1.66. The predicted octanol–water partition coefficient (Wildman–Crippen LogP) is 4.38. The Morgan fingerprint density at radius 1 is 0.975 bits per heavy atom. The van der Waals surface area contributed by atoms with E-state index in [1.807, 2.05) is 42.0 Å². The Hall–Kier alpha value is -4.06. The van der Waals surface area contributed by atoms with Crippen LogP contribution in [-0.2, 0) is 29.4 Å². The highest BCUT2D eigenvalue weighted by molar-refractivity contribution is 7.90. The highest BCUT2D eigenvalue weighted by atomic mass is 32.2. The smallest absolute Gasteiger partial charge is 0.328 e. The Balaban J connectivity index is 1.27. The minimum absolute atomic E-state index is 0.000657. The molecule has 2 amide bonds. The minimum atomic E-state index is -3.97. The summed E-state index contributed by atoms with van der Waals surface area (Å²) in [5.41, 5.74) is 13.2. The molecule has 5 aromatic rings. The van der Waals surface area contributed by atoms with Crippen molar-refractivity contribution in [3.8, 4) is 5.69 Å². The molecule has 3 heterocycles. The van der Waals surface area contributed by atoms with E-state index in [2.05, 4.69) is 33.6 Å². The number of rotatable bonds is 9. The van der Waals surface area contributed by atoms with Gasteiger partial charge in [-0.25, -0.2) is 27.9 Å². The number of amides is 2. The maximum absolute atomic E-state index is 12.5. The average molecular weight is 575 g/mol. The minimum Gasteiger partial charge on any atom is -0.337 e. The van der Waals surface area contributed by atoms with Gasteiger partial charge in [0.15, 0.2) is 5.65 Å². The van der Waals surface area contributed by atoms with Crippen molar-refractivity contribution in [1.82, 2.24) is 24.6 Å². The van der Waals surface area contributed by atoms with E-state index >= 15 is 0 Å². The van der Waals surface area contributed by atoms with Crippen molar-refractivity contribution >= 4 is 38.6 Å². The van der Waals surface area contributed by atoms with E-state index in [0.29, 0.717) is 19.4 Å². The topological polar surface area (TPSA) is 132 Å². The maximum atomic E-state index is 12.5. The van der Waals surface area contributed by atoms with Crippen LogP contribution in [0.3, 0.4) is 0 Å². The molecule has 0 saturated heterocycles. The lowest BCUT2D eigenvalue weighted by Crippen LogP contribution is -2.40. The lowest BCUT2D eigenvalue weighted by Gasteiger charge is -2.11. The van der Waals surface area contributed by atoms with Crippen molar-refractivity contribution < 1.29 is 13.2 Å². The number of carbonyl (C=O) groups is 1. The summed E-state index contributed by atoms with van der Waals surface area (Å²) in [6, 6.07) is 17.5. The van der Waals surface area contributed by atoms with Crippen molar-refractivity contribution in [3.05, 3.63) is 105 Å². The van der Waals surface area contributed by atoms with Crippen molar-refractivity contribution in [1.29, 1.82) is 0 Å². The van der Waals surface area contributed by atoms with E-state index in [4.69, 9.17) is 15.7 Å². The number of aryl methyl sites for hydroxylation is 2. The molecular formula is C29H30N6O3S2. The first kappa shape index (κ1) is 27.5. The lowest BCUT2D eigenvalue weighted by atomic mass is 10.1. The number of thiophene rings is 1. The second-order valence-electron chi connectivity index (χ2n) is 9.55. The third-order valence-electron chi connectivity index (χ3n) is 6.54. The molecule has 2 aromatic carbocycles. The van der Waals surface area contributed by atoms with Gasteiger partial charge in [0, 0.05) is 30.9 Å². The fourth-order valence-electron chi connectivity index (χ4n) is 4.53. The second-order valence-corrected chi connectivity index (χ2v) is 12.0. The first-order valence-electron chi connectivity index (χ1n) is 12.8. The molecule has 0 saturated carbocycles. The van der Waals surface area contributed by atoms with Crippen LogP contribution in [0.4, 0.5) is 4.79 Å². The van der Waals surface area contributed by atoms with Crippen LogP contribution in [0.5, 0.6) is 0 Å². The summed E-state index contributed by atoms with van der Waals surface area (Å²) in [7, 11) is -3.97. The zero-order chi connectivity index (χ0) is 28.3. The zero-order valence-electron chi connectivity index (χ0n) is 22.2. The van der Waals surface area contributed by atoms with E-state index in [-0.39, 0.29) is 11.4 Å². The van der Waals surface area contributed by atoms with Gasteiger partial charge in [-0.15, -0.1) is 0 Å². The molecule has 0 unspecified atom stereocenters. The van der Waals surface area contributed by atoms with E-state index in [1.54, 1.807) is 23.5 Å². The second kappa shape index (κ2) is 11.6. The highest BCUT2D eigenvalue weighted by Gasteiger charge is 2.18. The van der Waals surface area contributed by atoms with Crippen LogP contribution in [0.25, 0.3) is 16.9 Å². The number of nitrogens with one attached hydrogen (secondary N) is 2. The van der Waals surface area contributed by atoms with E-state index in [1.165, 1.54) is 17.7 Å². The van der Waals surface area contributed by atoms with Gasteiger partial charge in [0.2, 0.25) is 0 Å². The molecule has 0 spiro atoms. The molecule has 206 valence electrons. The highest BCUT2D eigenvalue weighted by Crippen LogP contribution is 2.26. The van der Waals surface area contributed by atoms with E-state index < -0.39 is 16.1 Å². The van der Waals surface area contributed by atoms with Gasteiger partial charge in [-0.3, -0.25) is 4.57 Å². The summed E-state index contributed by atoms with van der Waals surface area (Å²) in [5.74, 6) is 0.916. The molecule has 0 aliphatic carbocycles. The summed E-state index contributed by atoms with van der Waals surface area (Å²) in [6.45, 7) is 4.61. The number of hydrogen-bond acceptors (Lipinski definition) is 7. The summed E-state index contributed by atoms with van der Waals surface area (Å²) in [6.07, 6.45) is 1.22. The van der Waals surface area contributed by atoms with Crippen LogP contribution in [0.1, 0.15) is 33.8 Å². The summed E-state index contributed by atoms with van der Waals surface area (Å²) < 4.78 is 29.1. The van der Waals surface area contributed by atoms with Gasteiger partial charge < -0.3 is 11.1 Å². The van der Waals surface area contributed by atoms with Gasteiger partial charge in [-0.2, -0.15) is 11.3 Å². The Bertz CT molecular complexity index is 1740. The Morgan fingerprint density at radius 3 is 2.38 bits per heavy atom. The number of nitrogens with two attached hydrogens (primary N) is 1. The van der Waals surface area contributed by atoms with Crippen LogP contribution in [0.15, 0.2) is 76.3 Å². The van der Waals surface area contributed by atoms with Gasteiger partial charge in [0.25, 0.3) is 10.0 Å². The summed E-state index contributed by atoms with van der Waals surface area (Å²) in [5, 5.41) is 6.81. The number of pyridine rings is 1. The van der Waals surface area contributed by atoms with Crippen LogP contribution < -0.4 is 15.8 Å². The standard InChI is InChI=1S/C29H30N6O3S2/c1-19-15-20(2)32-28-27(19)33-26(16-23-12-14-39-18-23)35(28)24-7-3-21(4-8-24)11-13-31-29(36)34-40(37,38)25-9-5-22(17-30)6-10-25/h3-10,12,14-15,18H,11,13,16-17,30H2,1-2H3,(H2,31,34,36). The van der Waals surface area contributed by atoms with Crippen LogP contribution >= 0.6 is 11.3 Å².